The highest BCUT2D eigenvalue weighted by molar-refractivity contribution is 5.85. The molecule has 130 valence electrons. The highest BCUT2D eigenvalue weighted by Crippen LogP contribution is 2.33. The van der Waals surface area contributed by atoms with Gasteiger partial charge in [0.05, 0.1) is 0 Å². The number of aliphatic carboxylic acids is 1. The van der Waals surface area contributed by atoms with Crippen LogP contribution in [-0.4, -0.2) is 22.2 Å². The van der Waals surface area contributed by atoms with Gasteiger partial charge in [-0.05, 0) is 61.6 Å². The van der Waals surface area contributed by atoms with Gasteiger partial charge in [0.25, 0.3) is 0 Å². The largest absolute Gasteiger partial charge is 0.478 e. The van der Waals surface area contributed by atoms with Gasteiger partial charge < -0.3 is 9.84 Å². The van der Waals surface area contributed by atoms with E-state index in [1.807, 2.05) is 0 Å². The van der Waals surface area contributed by atoms with E-state index in [-0.39, 0.29) is 6.10 Å². The quantitative estimate of drug-likeness (QED) is 0.814. The van der Waals surface area contributed by atoms with Crippen LogP contribution in [0.5, 0.6) is 5.88 Å². The molecule has 6 heteroatoms. The number of nitrogens with zero attached hydrogens (tertiary/aromatic N) is 1. The van der Waals surface area contributed by atoms with Gasteiger partial charge in [0, 0.05) is 23.4 Å². The van der Waals surface area contributed by atoms with E-state index in [2.05, 4.69) is 4.98 Å². The first-order valence-corrected chi connectivity index (χ1v) is 8.06. The van der Waals surface area contributed by atoms with Crippen molar-refractivity contribution in [2.24, 2.45) is 0 Å². The Bertz CT molecular complexity index is 791. The fourth-order valence-corrected chi connectivity index (χ4v) is 2.92. The second kappa shape index (κ2) is 7.42. The molecule has 0 aliphatic heterocycles. The lowest BCUT2D eigenvalue weighted by Crippen LogP contribution is -2.12. The van der Waals surface area contributed by atoms with Crippen molar-refractivity contribution in [2.45, 2.75) is 31.8 Å². The summed E-state index contributed by atoms with van der Waals surface area (Å²) in [5, 5.41) is 8.60. The Morgan fingerprint density at radius 1 is 1.24 bits per heavy atom. The lowest BCUT2D eigenvalue weighted by molar-refractivity contribution is -0.131. The second-order valence-corrected chi connectivity index (χ2v) is 5.91. The molecule has 1 aromatic heterocycles. The summed E-state index contributed by atoms with van der Waals surface area (Å²) in [6.45, 7) is 0. The number of pyridine rings is 1. The van der Waals surface area contributed by atoms with Crippen molar-refractivity contribution in [3.63, 3.8) is 0 Å². The third-order valence-corrected chi connectivity index (χ3v) is 4.13. The third kappa shape index (κ3) is 4.02. The number of rotatable bonds is 5. The van der Waals surface area contributed by atoms with Crippen LogP contribution in [0.4, 0.5) is 8.78 Å². The van der Waals surface area contributed by atoms with Gasteiger partial charge in [-0.25, -0.2) is 18.6 Å². The van der Waals surface area contributed by atoms with E-state index in [4.69, 9.17) is 9.84 Å². The van der Waals surface area contributed by atoms with Crippen LogP contribution in [0.25, 0.3) is 17.2 Å². The van der Waals surface area contributed by atoms with Crippen LogP contribution in [0.15, 0.2) is 36.5 Å². The number of hydrogen-bond donors (Lipinski definition) is 1. The van der Waals surface area contributed by atoms with E-state index in [1.54, 1.807) is 18.3 Å². The maximum Gasteiger partial charge on any atom is 0.328 e. The van der Waals surface area contributed by atoms with Gasteiger partial charge in [-0.15, -0.1) is 0 Å². The molecule has 2 aromatic rings. The molecule has 1 aliphatic rings. The van der Waals surface area contributed by atoms with Gasteiger partial charge in [-0.3, -0.25) is 0 Å². The molecule has 1 heterocycles. The Kier molecular flexibility index (Phi) is 5.07. The molecule has 0 radical (unpaired) electrons. The first kappa shape index (κ1) is 17.1. The molecule has 0 saturated heterocycles. The molecule has 1 saturated carbocycles. The number of carboxylic acid groups (broad SMARTS) is 1. The highest BCUT2D eigenvalue weighted by atomic mass is 19.1. The lowest BCUT2D eigenvalue weighted by atomic mass is 10.0. The summed E-state index contributed by atoms with van der Waals surface area (Å²) in [6.07, 6.45) is 7.32. The molecule has 1 aromatic carbocycles. The zero-order valence-electron chi connectivity index (χ0n) is 13.4. The number of halogens is 2. The monoisotopic (exact) mass is 345 g/mol. The normalized spacial score (nSPS) is 15.0. The summed E-state index contributed by atoms with van der Waals surface area (Å²) in [4.78, 5) is 14.7. The number of carboxylic acids is 1. The smallest absolute Gasteiger partial charge is 0.328 e. The van der Waals surface area contributed by atoms with E-state index in [0.29, 0.717) is 23.1 Å². The molecular weight excluding hydrogens is 328 g/mol. The van der Waals surface area contributed by atoms with Crippen LogP contribution < -0.4 is 4.74 Å². The Hall–Kier alpha value is -2.76. The maximum absolute atomic E-state index is 14.2. The van der Waals surface area contributed by atoms with Gasteiger partial charge >= 0.3 is 5.97 Å². The second-order valence-electron chi connectivity index (χ2n) is 5.91. The Morgan fingerprint density at radius 3 is 2.56 bits per heavy atom. The standard InChI is InChI=1S/C19H17F2NO3/c20-16-10-12(11-17(21)15(16)7-8-18(23)24)14-6-3-9-22-19(14)25-13-4-1-2-5-13/h3,6-11,13H,1-2,4-5H2,(H,23,24)/b8-7+. The molecule has 0 bridgehead atoms. The van der Waals surface area contributed by atoms with E-state index >= 15 is 0 Å². The van der Waals surface area contributed by atoms with Gasteiger partial charge in [0.2, 0.25) is 5.88 Å². The minimum Gasteiger partial charge on any atom is -0.478 e. The Balaban J connectivity index is 1.95. The van der Waals surface area contributed by atoms with Crippen LogP contribution in [-0.2, 0) is 4.79 Å². The van der Waals surface area contributed by atoms with Crippen molar-refractivity contribution >= 4 is 12.0 Å². The SMILES string of the molecule is O=C(O)/C=C/c1c(F)cc(-c2cccnc2OC2CCCC2)cc1F. The van der Waals surface area contributed by atoms with Crippen LogP contribution in [0.2, 0.25) is 0 Å². The molecule has 1 fully saturated rings. The summed E-state index contributed by atoms with van der Waals surface area (Å²) < 4.78 is 34.4. The van der Waals surface area contributed by atoms with Gasteiger partial charge in [0.15, 0.2) is 0 Å². The highest BCUT2D eigenvalue weighted by Gasteiger charge is 2.20. The number of hydrogen-bond acceptors (Lipinski definition) is 3. The molecule has 0 atom stereocenters. The molecule has 4 nitrogen and oxygen atoms in total. The molecule has 25 heavy (non-hydrogen) atoms. The molecule has 0 amide bonds. The fraction of sp³-hybridized carbons (Fsp3) is 0.263. The maximum atomic E-state index is 14.2. The molecule has 1 N–H and O–H groups in total. The average molecular weight is 345 g/mol. The minimum atomic E-state index is -1.28. The predicted octanol–water partition coefficient (Wildman–Crippen LogP) is 4.45. The van der Waals surface area contributed by atoms with Gasteiger partial charge in [0.1, 0.15) is 17.7 Å². The van der Waals surface area contributed by atoms with Crippen molar-refractivity contribution in [3.8, 4) is 17.0 Å². The van der Waals surface area contributed by atoms with Crippen molar-refractivity contribution in [2.75, 3.05) is 0 Å². The number of carbonyl (C=O) groups is 1. The van der Waals surface area contributed by atoms with Crippen molar-refractivity contribution in [1.29, 1.82) is 0 Å². The van der Waals surface area contributed by atoms with Crippen molar-refractivity contribution in [1.82, 2.24) is 4.98 Å². The van der Waals surface area contributed by atoms with Gasteiger partial charge in [-0.2, -0.15) is 0 Å². The zero-order chi connectivity index (χ0) is 17.8. The predicted molar refractivity (Wildman–Crippen MR) is 89.1 cm³/mol. The van der Waals surface area contributed by atoms with E-state index < -0.39 is 23.2 Å². The zero-order valence-corrected chi connectivity index (χ0v) is 13.4. The number of ether oxygens (including phenoxy) is 1. The van der Waals surface area contributed by atoms with E-state index in [1.165, 1.54) is 0 Å². The summed E-state index contributed by atoms with van der Waals surface area (Å²) in [6, 6.07) is 5.68. The Morgan fingerprint density at radius 2 is 1.92 bits per heavy atom. The van der Waals surface area contributed by atoms with Crippen LogP contribution >= 0.6 is 0 Å². The average Bonchev–Trinajstić information content (AvgIpc) is 3.07. The first-order chi connectivity index (χ1) is 12.0. The lowest BCUT2D eigenvalue weighted by Gasteiger charge is -2.15. The molecule has 0 unspecified atom stereocenters. The first-order valence-electron chi connectivity index (χ1n) is 8.06. The van der Waals surface area contributed by atoms with Gasteiger partial charge in [-0.1, -0.05) is 0 Å². The molecule has 1 aliphatic carbocycles. The topological polar surface area (TPSA) is 59.4 Å². The fourth-order valence-electron chi connectivity index (χ4n) is 2.92. The molecule has 0 spiro atoms. The third-order valence-electron chi connectivity index (χ3n) is 4.13. The molecular formula is C19H17F2NO3. The van der Waals surface area contributed by atoms with Crippen molar-refractivity contribution in [3.05, 3.63) is 53.7 Å². The minimum absolute atomic E-state index is 0.0705. The summed E-state index contributed by atoms with van der Waals surface area (Å²) in [5.41, 5.74) is 0.401. The van der Waals surface area contributed by atoms with Crippen LogP contribution in [0, 0.1) is 11.6 Å². The van der Waals surface area contributed by atoms with Crippen LogP contribution in [0.3, 0.4) is 0 Å². The molecule has 3 rings (SSSR count). The van der Waals surface area contributed by atoms with E-state index in [0.717, 1.165) is 43.9 Å². The number of benzene rings is 1. The van der Waals surface area contributed by atoms with Crippen molar-refractivity contribution < 1.29 is 23.4 Å². The summed E-state index contributed by atoms with van der Waals surface area (Å²) >= 11 is 0. The summed E-state index contributed by atoms with van der Waals surface area (Å²) in [5.74, 6) is -2.62. The Labute approximate surface area is 143 Å². The summed E-state index contributed by atoms with van der Waals surface area (Å²) in [7, 11) is 0. The van der Waals surface area contributed by atoms with Crippen LogP contribution in [0.1, 0.15) is 31.2 Å². The number of aromatic nitrogens is 1. The van der Waals surface area contributed by atoms with E-state index in [9.17, 15) is 13.6 Å².